The van der Waals surface area contributed by atoms with Gasteiger partial charge in [0.1, 0.15) is 0 Å². The van der Waals surface area contributed by atoms with Crippen LogP contribution in [0.1, 0.15) is 31.2 Å². The first-order valence-corrected chi connectivity index (χ1v) is 8.82. The number of amides is 1. The molecule has 0 aliphatic carbocycles. The molecule has 1 aromatic rings. The van der Waals surface area contributed by atoms with Gasteiger partial charge in [0.25, 0.3) is 0 Å². The Balaban J connectivity index is 1.78. The number of rotatable bonds is 3. The van der Waals surface area contributed by atoms with E-state index in [1.54, 1.807) is 6.82 Å². The van der Waals surface area contributed by atoms with Crippen LogP contribution in [0.2, 0.25) is 6.82 Å². The molecular formula is C18H27BN2O2. The van der Waals surface area contributed by atoms with Gasteiger partial charge in [-0.25, -0.2) is 0 Å². The number of benzene rings is 1. The topological polar surface area (TPSA) is 43.8 Å². The van der Waals surface area contributed by atoms with Crippen LogP contribution in [-0.4, -0.2) is 53.9 Å². The molecule has 2 fully saturated rings. The van der Waals surface area contributed by atoms with Gasteiger partial charge in [-0.2, -0.15) is 0 Å². The Morgan fingerprint density at radius 1 is 1.17 bits per heavy atom. The van der Waals surface area contributed by atoms with E-state index in [2.05, 4.69) is 19.1 Å². The minimum Gasteiger partial charge on any atom is -0.437 e. The van der Waals surface area contributed by atoms with Crippen molar-refractivity contribution >= 4 is 13.0 Å². The van der Waals surface area contributed by atoms with E-state index in [-0.39, 0.29) is 17.7 Å². The second-order valence-electron chi connectivity index (χ2n) is 7.22. The summed E-state index contributed by atoms with van der Waals surface area (Å²) in [5, 5.41) is 9.96. The summed E-state index contributed by atoms with van der Waals surface area (Å²) in [6.45, 7) is 7.22. The quantitative estimate of drug-likeness (QED) is 0.869. The highest BCUT2D eigenvalue weighted by Crippen LogP contribution is 2.35. The fraction of sp³-hybridized carbons (Fsp3) is 0.611. The summed E-state index contributed by atoms with van der Waals surface area (Å²) in [5.74, 6) is 1.13. The molecule has 1 N–H and O–H groups in total. The van der Waals surface area contributed by atoms with Gasteiger partial charge in [-0.1, -0.05) is 37.3 Å². The summed E-state index contributed by atoms with van der Waals surface area (Å²) in [4.78, 5) is 17.1. The summed E-state index contributed by atoms with van der Waals surface area (Å²) >= 11 is 0. The van der Waals surface area contributed by atoms with Crippen LogP contribution >= 0.6 is 0 Å². The number of hydrogen-bond acceptors (Lipinski definition) is 3. The first kappa shape index (κ1) is 16.5. The third kappa shape index (κ3) is 3.61. The first-order chi connectivity index (χ1) is 11.1. The highest BCUT2D eigenvalue weighted by molar-refractivity contribution is 6.45. The zero-order valence-corrected chi connectivity index (χ0v) is 14.2. The first-order valence-electron chi connectivity index (χ1n) is 8.82. The van der Waals surface area contributed by atoms with Crippen molar-refractivity contribution in [2.75, 3.05) is 26.2 Å². The van der Waals surface area contributed by atoms with E-state index in [0.29, 0.717) is 6.54 Å². The molecule has 2 saturated heterocycles. The van der Waals surface area contributed by atoms with E-state index in [1.807, 2.05) is 27.9 Å². The largest absolute Gasteiger partial charge is 0.437 e. The van der Waals surface area contributed by atoms with Crippen molar-refractivity contribution in [3.8, 4) is 0 Å². The molecular weight excluding hydrogens is 287 g/mol. The summed E-state index contributed by atoms with van der Waals surface area (Å²) in [6.07, 6.45) is 2.21. The van der Waals surface area contributed by atoms with Gasteiger partial charge in [0.2, 0.25) is 5.91 Å². The Morgan fingerprint density at radius 2 is 1.83 bits per heavy atom. The van der Waals surface area contributed by atoms with Crippen molar-refractivity contribution in [3.05, 3.63) is 35.9 Å². The maximum absolute atomic E-state index is 13.1. The van der Waals surface area contributed by atoms with Crippen LogP contribution in [0, 0.1) is 11.8 Å². The van der Waals surface area contributed by atoms with Crippen LogP contribution in [0.3, 0.4) is 0 Å². The lowest BCUT2D eigenvalue weighted by atomic mass is 9.85. The minimum absolute atomic E-state index is 0.0413. The predicted octanol–water partition coefficient (Wildman–Crippen LogP) is 2.07. The summed E-state index contributed by atoms with van der Waals surface area (Å²) < 4.78 is 0. The molecule has 0 saturated carbocycles. The number of hydrogen-bond donors (Lipinski definition) is 1. The van der Waals surface area contributed by atoms with Crippen LogP contribution in [0.25, 0.3) is 0 Å². The van der Waals surface area contributed by atoms with Crippen LogP contribution in [0.4, 0.5) is 0 Å². The predicted molar refractivity (Wildman–Crippen MR) is 93.1 cm³/mol. The fourth-order valence-corrected chi connectivity index (χ4v) is 3.89. The number of carbonyl (C=O) groups excluding carboxylic acids is 1. The third-order valence-electron chi connectivity index (χ3n) is 5.52. The molecule has 124 valence electrons. The van der Waals surface area contributed by atoms with Crippen molar-refractivity contribution < 1.29 is 9.82 Å². The molecule has 4 nitrogen and oxygen atoms in total. The summed E-state index contributed by atoms with van der Waals surface area (Å²) in [6, 6.07) is 10.3. The van der Waals surface area contributed by atoms with Crippen LogP contribution < -0.4 is 0 Å². The second kappa shape index (κ2) is 7.06. The molecule has 0 bridgehead atoms. The zero-order valence-electron chi connectivity index (χ0n) is 14.2. The summed E-state index contributed by atoms with van der Waals surface area (Å²) in [5.41, 5.74) is 1.21. The van der Waals surface area contributed by atoms with Crippen molar-refractivity contribution in [2.24, 2.45) is 11.8 Å². The van der Waals surface area contributed by atoms with E-state index in [4.69, 9.17) is 0 Å². The lowest BCUT2D eigenvalue weighted by Gasteiger charge is -2.33. The molecule has 2 aliphatic rings. The molecule has 1 amide bonds. The van der Waals surface area contributed by atoms with Gasteiger partial charge in [0.15, 0.2) is 0 Å². The van der Waals surface area contributed by atoms with E-state index >= 15 is 0 Å². The second-order valence-corrected chi connectivity index (χ2v) is 7.22. The number of nitrogens with zero attached hydrogens (tertiary/aromatic N) is 2. The van der Waals surface area contributed by atoms with E-state index in [9.17, 15) is 9.82 Å². The molecule has 0 spiro atoms. The van der Waals surface area contributed by atoms with Gasteiger partial charge in [-0.15, -0.1) is 0 Å². The molecule has 2 atom stereocenters. The Morgan fingerprint density at radius 3 is 2.43 bits per heavy atom. The van der Waals surface area contributed by atoms with E-state index in [1.165, 1.54) is 5.56 Å². The third-order valence-corrected chi connectivity index (χ3v) is 5.52. The molecule has 0 aromatic heterocycles. The van der Waals surface area contributed by atoms with Crippen molar-refractivity contribution in [2.45, 2.75) is 32.5 Å². The van der Waals surface area contributed by atoms with E-state index < -0.39 is 7.05 Å². The minimum atomic E-state index is -0.500. The van der Waals surface area contributed by atoms with Gasteiger partial charge < -0.3 is 14.7 Å². The van der Waals surface area contributed by atoms with E-state index in [0.717, 1.165) is 38.4 Å². The monoisotopic (exact) mass is 314 g/mol. The van der Waals surface area contributed by atoms with Crippen LogP contribution in [-0.2, 0) is 4.79 Å². The molecule has 5 heteroatoms. The maximum atomic E-state index is 13.1. The molecule has 23 heavy (non-hydrogen) atoms. The Hall–Kier alpha value is -1.33. The maximum Gasteiger partial charge on any atom is 0.376 e. The number of piperidine rings is 1. The van der Waals surface area contributed by atoms with Gasteiger partial charge in [-0.05, 0) is 37.7 Å². The number of carbonyl (C=O) groups is 1. The standard InChI is InChI=1S/C18H27BN2O2/c1-14-8-10-20(11-9-14)18(22)17-13-21(19(2)23)12-16(17)15-6-4-3-5-7-15/h3-7,14,16-17,23H,8-13H2,1-2H3. The molecule has 2 heterocycles. The number of likely N-dealkylation sites (tertiary alicyclic amines) is 1. The van der Waals surface area contributed by atoms with Crippen LogP contribution in [0.5, 0.6) is 0 Å². The molecule has 1 aromatic carbocycles. The lowest BCUT2D eigenvalue weighted by Crippen LogP contribution is -2.43. The normalized spacial score (nSPS) is 26.5. The highest BCUT2D eigenvalue weighted by Gasteiger charge is 2.42. The SMILES string of the molecule is CB(O)N1CC(C(=O)N2CCC(C)CC2)C(c2ccccc2)C1. The average molecular weight is 314 g/mol. The van der Waals surface area contributed by atoms with Crippen LogP contribution in [0.15, 0.2) is 30.3 Å². The Kier molecular flexibility index (Phi) is 5.07. The lowest BCUT2D eigenvalue weighted by molar-refractivity contribution is -0.136. The fourth-order valence-electron chi connectivity index (χ4n) is 3.89. The molecule has 0 radical (unpaired) electrons. The van der Waals surface area contributed by atoms with Gasteiger partial charge in [0, 0.05) is 25.6 Å². The van der Waals surface area contributed by atoms with Crippen molar-refractivity contribution in [1.29, 1.82) is 0 Å². The molecule has 2 aliphatic heterocycles. The smallest absolute Gasteiger partial charge is 0.376 e. The van der Waals surface area contributed by atoms with Crippen molar-refractivity contribution in [1.82, 2.24) is 9.71 Å². The Bertz CT molecular complexity index is 529. The highest BCUT2D eigenvalue weighted by atomic mass is 16.2. The average Bonchev–Trinajstić information content (AvgIpc) is 3.01. The van der Waals surface area contributed by atoms with Gasteiger partial charge in [0.05, 0.1) is 5.92 Å². The Labute approximate surface area is 139 Å². The molecule has 3 rings (SSSR count). The van der Waals surface area contributed by atoms with Crippen molar-refractivity contribution in [3.63, 3.8) is 0 Å². The zero-order chi connectivity index (χ0) is 16.4. The van der Waals surface area contributed by atoms with Gasteiger partial charge in [-0.3, -0.25) is 4.79 Å². The summed E-state index contributed by atoms with van der Waals surface area (Å²) in [7, 11) is -0.500. The van der Waals surface area contributed by atoms with Gasteiger partial charge >= 0.3 is 7.05 Å². The molecule has 2 unspecified atom stereocenters.